The summed E-state index contributed by atoms with van der Waals surface area (Å²) in [5, 5.41) is 9.49. The Morgan fingerprint density at radius 1 is 1.48 bits per heavy atom. The zero-order valence-corrected chi connectivity index (χ0v) is 12.9. The largest absolute Gasteiger partial charge is 0.417 e. The summed E-state index contributed by atoms with van der Waals surface area (Å²) in [6.45, 7) is 1.78. The average Bonchev–Trinajstić information content (AvgIpc) is 2.76. The molecular weight excluding hydrogens is 343 g/mol. The van der Waals surface area contributed by atoms with Crippen LogP contribution in [0.3, 0.4) is 0 Å². The number of hydrogen-bond donors (Lipinski definition) is 0. The number of rotatable bonds is 3. The number of nitrogens with zero attached hydrogens (tertiary/aromatic N) is 3. The van der Waals surface area contributed by atoms with Crippen LogP contribution in [-0.2, 0) is 11.9 Å². The Hall–Kier alpha value is -1.30. The molecule has 0 bridgehead atoms. The van der Waals surface area contributed by atoms with Crippen LogP contribution in [0.2, 0.25) is 5.02 Å². The molecular formula is C12H7ClF3N3S2. The standard InChI is InChI=1S/C12H7ClF3N3S2/c1-6-8(3-17)11(19-21-6)20-5-10-9(13)2-7(4-18-10)12(14,15)16/h2,4H,5H2,1H3. The van der Waals surface area contributed by atoms with Crippen molar-refractivity contribution in [3.63, 3.8) is 0 Å². The third-order valence-electron chi connectivity index (χ3n) is 2.53. The summed E-state index contributed by atoms with van der Waals surface area (Å²) in [5.41, 5.74) is -0.0827. The highest BCUT2D eigenvalue weighted by Crippen LogP contribution is 2.34. The van der Waals surface area contributed by atoms with Gasteiger partial charge in [0.1, 0.15) is 11.1 Å². The van der Waals surface area contributed by atoms with E-state index in [2.05, 4.69) is 9.36 Å². The third-order valence-corrected chi connectivity index (χ3v) is 4.71. The predicted octanol–water partition coefficient (Wildman–Crippen LogP) is 4.68. The van der Waals surface area contributed by atoms with Gasteiger partial charge in [0.25, 0.3) is 0 Å². The summed E-state index contributed by atoms with van der Waals surface area (Å²) >= 11 is 8.25. The molecule has 21 heavy (non-hydrogen) atoms. The fourth-order valence-electron chi connectivity index (χ4n) is 1.44. The maximum Gasteiger partial charge on any atom is 0.417 e. The summed E-state index contributed by atoms with van der Waals surface area (Å²) in [5.74, 6) is 0.245. The zero-order valence-electron chi connectivity index (χ0n) is 10.5. The van der Waals surface area contributed by atoms with E-state index in [1.165, 1.54) is 23.3 Å². The fourth-order valence-corrected chi connectivity index (χ4v) is 3.53. The molecule has 0 amide bonds. The molecule has 0 saturated carbocycles. The quantitative estimate of drug-likeness (QED) is 0.755. The van der Waals surface area contributed by atoms with Crippen molar-refractivity contribution in [3.8, 4) is 6.07 Å². The summed E-state index contributed by atoms with van der Waals surface area (Å²) in [4.78, 5) is 4.54. The van der Waals surface area contributed by atoms with Crippen LogP contribution in [-0.4, -0.2) is 9.36 Å². The molecule has 2 rings (SSSR count). The van der Waals surface area contributed by atoms with Gasteiger partial charge < -0.3 is 0 Å². The van der Waals surface area contributed by atoms with Gasteiger partial charge >= 0.3 is 6.18 Å². The number of halogens is 4. The summed E-state index contributed by atoms with van der Waals surface area (Å²) < 4.78 is 41.6. The number of nitriles is 1. The molecule has 0 atom stereocenters. The molecule has 0 unspecified atom stereocenters. The van der Waals surface area contributed by atoms with E-state index < -0.39 is 11.7 Å². The first-order valence-electron chi connectivity index (χ1n) is 5.53. The summed E-state index contributed by atoms with van der Waals surface area (Å²) in [7, 11) is 0. The Bertz CT molecular complexity index is 707. The topological polar surface area (TPSA) is 49.6 Å². The fraction of sp³-hybridized carbons (Fsp3) is 0.250. The van der Waals surface area contributed by atoms with Crippen molar-refractivity contribution in [1.29, 1.82) is 5.26 Å². The Balaban J connectivity index is 2.16. The van der Waals surface area contributed by atoms with E-state index >= 15 is 0 Å². The first kappa shape index (κ1) is 16.1. The molecule has 0 spiro atoms. The lowest BCUT2D eigenvalue weighted by Crippen LogP contribution is -2.06. The zero-order chi connectivity index (χ0) is 15.6. The van der Waals surface area contributed by atoms with Gasteiger partial charge in [-0.25, -0.2) is 0 Å². The Morgan fingerprint density at radius 2 is 2.19 bits per heavy atom. The second-order valence-corrected chi connectivity index (χ2v) is 6.32. The van der Waals surface area contributed by atoms with Gasteiger partial charge in [0.15, 0.2) is 0 Å². The highest BCUT2D eigenvalue weighted by atomic mass is 35.5. The maximum atomic E-state index is 12.5. The number of alkyl halides is 3. The van der Waals surface area contributed by atoms with Crippen molar-refractivity contribution in [2.45, 2.75) is 23.9 Å². The average molecular weight is 350 g/mol. The SMILES string of the molecule is Cc1snc(SCc2ncc(C(F)(F)F)cc2Cl)c1C#N. The van der Waals surface area contributed by atoms with Crippen LogP contribution >= 0.6 is 34.9 Å². The molecule has 0 N–H and O–H groups in total. The van der Waals surface area contributed by atoms with E-state index in [1.54, 1.807) is 6.92 Å². The number of aromatic nitrogens is 2. The summed E-state index contributed by atoms with van der Waals surface area (Å²) in [6, 6.07) is 2.90. The van der Waals surface area contributed by atoms with Gasteiger partial charge in [-0.2, -0.15) is 22.8 Å². The molecule has 0 fully saturated rings. The van der Waals surface area contributed by atoms with Crippen LogP contribution < -0.4 is 0 Å². The molecule has 0 aliphatic carbocycles. The van der Waals surface area contributed by atoms with E-state index in [0.717, 1.165) is 17.1 Å². The molecule has 3 nitrogen and oxygen atoms in total. The van der Waals surface area contributed by atoms with Gasteiger partial charge in [0.2, 0.25) is 0 Å². The molecule has 2 aromatic rings. The molecule has 0 aliphatic heterocycles. The Kier molecular flexibility index (Phi) is 4.76. The lowest BCUT2D eigenvalue weighted by Gasteiger charge is -2.08. The summed E-state index contributed by atoms with van der Waals surface area (Å²) in [6.07, 6.45) is -3.72. The molecule has 9 heteroatoms. The van der Waals surface area contributed by atoms with Crippen LogP contribution in [0.25, 0.3) is 0 Å². The Labute approximate surface area is 131 Å². The second-order valence-electron chi connectivity index (χ2n) is 3.97. The minimum absolute atomic E-state index is 0.0530. The number of aryl methyl sites for hydroxylation is 1. The minimum Gasteiger partial charge on any atom is -0.258 e. The number of thioether (sulfide) groups is 1. The Morgan fingerprint density at radius 3 is 2.76 bits per heavy atom. The van der Waals surface area contributed by atoms with E-state index in [9.17, 15) is 13.2 Å². The van der Waals surface area contributed by atoms with Gasteiger partial charge in [-0.1, -0.05) is 23.4 Å². The van der Waals surface area contributed by atoms with Gasteiger partial charge in [-0.3, -0.25) is 4.98 Å². The normalized spacial score (nSPS) is 11.4. The molecule has 0 saturated heterocycles. The lowest BCUT2D eigenvalue weighted by atomic mass is 10.2. The van der Waals surface area contributed by atoms with Gasteiger partial charge in [-0.05, 0) is 24.5 Å². The lowest BCUT2D eigenvalue weighted by molar-refractivity contribution is -0.137. The van der Waals surface area contributed by atoms with Crippen LogP contribution in [0, 0.1) is 18.3 Å². The monoisotopic (exact) mass is 349 g/mol. The van der Waals surface area contributed by atoms with Crippen molar-refractivity contribution in [3.05, 3.63) is 39.0 Å². The predicted molar refractivity (Wildman–Crippen MR) is 75.4 cm³/mol. The van der Waals surface area contributed by atoms with E-state index in [4.69, 9.17) is 16.9 Å². The molecule has 0 radical (unpaired) electrons. The molecule has 2 aromatic heterocycles. The molecule has 110 valence electrons. The highest BCUT2D eigenvalue weighted by Gasteiger charge is 2.31. The minimum atomic E-state index is -4.47. The third kappa shape index (κ3) is 3.67. The van der Waals surface area contributed by atoms with Crippen molar-refractivity contribution in [2.75, 3.05) is 0 Å². The van der Waals surface area contributed by atoms with Crippen molar-refractivity contribution in [2.24, 2.45) is 0 Å². The van der Waals surface area contributed by atoms with Crippen molar-refractivity contribution in [1.82, 2.24) is 9.36 Å². The van der Waals surface area contributed by atoms with Gasteiger partial charge in [0.05, 0.1) is 21.8 Å². The van der Waals surface area contributed by atoms with E-state index in [-0.39, 0.29) is 10.8 Å². The number of hydrogen-bond acceptors (Lipinski definition) is 5. The van der Waals surface area contributed by atoms with Gasteiger partial charge in [-0.15, -0.1) is 0 Å². The van der Waals surface area contributed by atoms with Crippen molar-refractivity contribution >= 4 is 34.9 Å². The van der Waals surface area contributed by atoms with Crippen LogP contribution in [0.4, 0.5) is 13.2 Å². The first-order chi connectivity index (χ1) is 9.82. The van der Waals surface area contributed by atoms with Crippen LogP contribution in [0.5, 0.6) is 0 Å². The molecule has 2 heterocycles. The van der Waals surface area contributed by atoms with Crippen molar-refractivity contribution < 1.29 is 13.2 Å². The molecule has 0 aliphatic rings. The first-order valence-corrected chi connectivity index (χ1v) is 7.67. The van der Waals surface area contributed by atoms with E-state index in [1.807, 2.05) is 6.07 Å². The second kappa shape index (κ2) is 6.22. The van der Waals surface area contributed by atoms with E-state index in [0.29, 0.717) is 16.3 Å². The van der Waals surface area contributed by atoms with Crippen LogP contribution in [0.1, 0.15) is 21.7 Å². The molecule has 0 aromatic carbocycles. The smallest absolute Gasteiger partial charge is 0.258 e. The van der Waals surface area contributed by atoms with Gasteiger partial charge in [0, 0.05) is 16.8 Å². The number of pyridine rings is 1. The van der Waals surface area contributed by atoms with Crippen LogP contribution in [0.15, 0.2) is 17.3 Å². The maximum absolute atomic E-state index is 12.5. The highest BCUT2D eigenvalue weighted by molar-refractivity contribution is 7.98.